The van der Waals surface area contributed by atoms with E-state index in [4.69, 9.17) is 19.4 Å². The Balaban J connectivity index is 0.955. The van der Waals surface area contributed by atoms with Crippen molar-refractivity contribution in [2.75, 3.05) is 40.5 Å². The van der Waals surface area contributed by atoms with Crippen molar-refractivity contribution < 1.29 is 33.8 Å². The Morgan fingerprint density at radius 3 is 1.84 bits per heavy atom. The molecule has 4 amide bonds. The van der Waals surface area contributed by atoms with E-state index in [0.717, 1.165) is 68.0 Å². The smallest absolute Gasteiger partial charge is 0.407 e. The average Bonchev–Trinajstić information content (AvgIpc) is 4.12. The highest BCUT2D eigenvalue weighted by atomic mass is 16.5. The van der Waals surface area contributed by atoms with Crippen molar-refractivity contribution in [2.24, 2.45) is 23.7 Å². The van der Waals surface area contributed by atoms with Gasteiger partial charge in [-0.15, -0.1) is 0 Å². The van der Waals surface area contributed by atoms with Crippen LogP contribution >= 0.6 is 0 Å². The van der Waals surface area contributed by atoms with Crippen LogP contribution in [0, 0.1) is 23.7 Å². The first-order valence-corrected chi connectivity index (χ1v) is 22.0. The number of rotatable bonds is 11. The van der Waals surface area contributed by atoms with E-state index in [0.29, 0.717) is 45.0 Å². The van der Waals surface area contributed by atoms with Crippen LogP contribution in [0.4, 0.5) is 9.59 Å². The third kappa shape index (κ3) is 9.01. The first-order chi connectivity index (χ1) is 30.3. The molecule has 0 bridgehead atoms. The molecule has 15 heteroatoms. The summed E-state index contributed by atoms with van der Waals surface area (Å²) < 4.78 is 10.4. The zero-order chi connectivity index (χ0) is 44.5. The minimum absolute atomic E-state index is 0.0398. The number of carbonyl (C=O) groups is 4. The second-order valence-electron chi connectivity index (χ2n) is 18.1. The largest absolute Gasteiger partial charge is 0.465 e. The number of imidazole rings is 2. The lowest BCUT2D eigenvalue weighted by atomic mass is 9.90. The van der Waals surface area contributed by atoms with Crippen LogP contribution in [0.15, 0.2) is 73.1 Å². The summed E-state index contributed by atoms with van der Waals surface area (Å²) in [6.45, 7) is 10.2. The third-order valence-corrected chi connectivity index (χ3v) is 13.2. The van der Waals surface area contributed by atoms with Gasteiger partial charge in [0.1, 0.15) is 23.7 Å². The molecular weight excluding hydrogens is 801 g/mol. The van der Waals surface area contributed by atoms with Crippen molar-refractivity contribution in [3.8, 4) is 33.6 Å². The van der Waals surface area contributed by atoms with Gasteiger partial charge in [0.25, 0.3) is 0 Å². The Labute approximate surface area is 367 Å². The van der Waals surface area contributed by atoms with E-state index in [-0.39, 0.29) is 47.6 Å². The van der Waals surface area contributed by atoms with E-state index in [1.54, 1.807) is 11.1 Å². The molecule has 0 aliphatic carbocycles. The Morgan fingerprint density at radius 1 is 0.778 bits per heavy atom. The molecule has 5 heterocycles. The number of likely N-dealkylation sites (tertiary alicyclic amines) is 2. The summed E-state index contributed by atoms with van der Waals surface area (Å²) in [6, 6.07) is 19.1. The number of aromatic amines is 2. The Morgan fingerprint density at radius 2 is 1.29 bits per heavy atom. The molecular formula is C48H58N8O7. The lowest BCUT2D eigenvalue weighted by Crippen LogP contribution is -2.53. The molecule has 0 unspecified atom stereocenters. The molecule has 0 saturated carbocycles. The number of benzene rings is 3. The predicted octanol–water partition coefficient (Wildman–Crippen LogP) is 7.89. The van der Waals surface area contributed by atoms with Crippen molar-refractivity contribution in [2.45, 2.75) is 77.5 Å². The van der Waals surface area contributed by atoms with E-state index in [1.807, 2.05) is 24.9 Å². The molecule has 3 aromatic carbocycles. The van der Waals surface area contributed by atoms with Crippen LogP contribution in [0.1, 0.15) is 77.1 Å². The minimum atomic E-state index is -1.13. The molecule has 3 aliphatic heterocycles. The van der Waals surface area contributed by atoms with Crippen molar-refractivity contribution in [3.63, 3.8) is 0 Å². The lowest BCUT2D eigenvalue weighted by Gasteiger charge is -2.34. The fourth-order valence-corrected chi connectivity index (χ4v) is 9.82. The van der Waals surface area contributed by atoms with Crippen LogP contribution in [0.2, 0.25) is 0 Å². The van der Waals surface area contributed by atoms with E-state index in [9.17, 15) is 24.3 Å². The first kappa shape index (κ1) is 43.4. The number of carbonyl (C=O) groups excluding carboxylic acids is 3. The minimum Gasteiger partial charge on any atom is -0.465 e. The highest BCUT2D eigenvalue weighted by molar-refractivity contribution is 5.91. The topological polar surface area (TPSA) is 186 Å². The molecule has 6 atom stereocenters. The molecule has 8 rings (SSSR count). The first-order valence-electron chi connectivity index (χ1n) is 22.0. The van der Waals surface area contributed by atoms with Crippen LogP contribution < -0.4 is 5.32 Å². The number of amides is 4. The standard InChI is InChI=1S/C48H58N8O7/c1-27(2)42(54(5)48(60)61)46(58)56-26-29(4)20-40(56)44-49-23-37(51-44)31-9-7-30(8-10-31)33-11-12-35-22-36(14-13-34(35)21-33)38-24-50-43(52-38)39-19-28(3)25-55(39)45(57)41(53-47(59)62-6)32-15-17-63-18-16-32/h7-14,21-24,27-29,32,39-42H,15-20,25-26H2,1-6H3,(H,49,51)(H,50,52)(H,53,59)(H,60,61)/t28-,29-,39-,40-,41-,42-/m0/s1. The number of methoxy groups -OCH3 is 1. The van der Waals surface area contributed by atoms with Gasteiger partial charge in [-0.25, -0.2) is 19.6 Å². The molecule has 3 saturated heterocycles. The molecule has 0 radical (unpaired) electrons. The number of hydrogen-bond donors (Lipinski definition) is 4. The number of ether oxygens (including phenoxy) is 2. The Hall–Kier alpha value is -6.22. The van der Waals surface area contributed by atoms with Gasteiger partial charge in [0.15, 0.2) is 0 Å². The number of carboxylic acid groups (broad SMARTS) is 1. The number of H-pyrrole nitrogens is 2. The molecule has 2 aromatic heterocycles. The molecule has 3 fully saturated rings. The summed E-state index contributed by atoms with van der Waals surface area (Å²) in [5.74, 6) is 1.39. The van der Waals surface area contributed by atoms with Crippen molar-refractivity contribution in [1.29, 1.82) is 0 Å². The number of nitrogens with zero attached hydrogens (tertiary/aromatic N) is 5. The average molecular weight is 859 g/mol. The number of fused-ring (bicyclic) bond motifs is 1. The summed E-state index contributed by atoms with van der Waals surface area (Å²) >= 11 is 0. The third-order valence-electron chi connectivity index (χ3n) is 13.2. The van der Waals surface area contributed by atoms with Crippen molar-refractivity contribution in [1.82, 2.24) is 40.0 Å². The Kier molecular flexibility index (Phi) is 12.6. The number of aromatic nitrogens is 4. The summed E-state index contributed by atoms with van der Waals surface area (Å²) in [7, 11) is 2.77. The maximum absolute atomic E-state index is 14.2. The van der Waals surface area contributed by atoms with Crippen LogP contribution in [0.25, 0.3) is 44.4 Å². The normalized spacial score (nSPS) is 21.4. The van der Waals surface area contributed by atoms with Gasteiger partial charge in [-0.05, 0) is 89.0 Å². The van der Waals surface area contributed by atoms with Crippen LogP contribution in [0.3, 0.4) is 0 Å². The number of nitrogens with one attached hydrogen (secondary N) is 3. The lowest BCUT2D eigenvalue weighted by molar-refractivity contribution is -0.139. The summed E-state index contributed by atoms with van der Waals surface area (Å²) in [5.41, 5.74) is 5.81. The van der Waals surface area contributed by atoms with Gasteiger partial charge < -0.3 is 39.7 Å². The maximum Gasteiger partial charge on any atom is 0.407 e. The molecule has 0 spiro atoms. The van der Waals surface area contributed by atoms with E-state index >= 15 is 0 Å². The fraction of sp³-hybridized carbons (Fsp3) is 0.458. The number of alkyl carbamates (subject to hydrolysis) is 1. The van der Waals surface area contributed by atoms with Crippen molar-refractivity contribution in [3.05, 3.63) is 84.7 Å². The van der Waals surface area contributed by atoms with E-state index < -0.39 is 24.3 Å². The van der Waals surface area contributed by atoms with Crippen LogP contribution in [0.5, 0.6) is 0 Å². The van der Waals surface area contributed by atoms with Gasteiger partial charge >= 0.3 is 12.2 Å². The molecule has 15 nitrogen and oxygen atoms in total. The van der Waals surface area contributed by atoms with Crippen LogP contribution in [-0.2, 0) is 19.1 Å². The van der Waals surface area contributed by atoms with E-state index in [1.165, 1.54) is 14.2 Å². The SMILES string of the molecule is COC(=O)N[C@H](C(=O)N1C[C@@H](C)C[C@H]1c1ncc(-c2ccc3cc(-c4ccc(-c5cnc([C@@H]6C[C@H](C)CN6C(=O)[C@H](C(C)C)N(C)C(=O)O)[nH]5)cc4)ccc3c2)[nH]1)C1CCOCC1. The summed E-state index contributed by atoms with van der Waals surface area (Å²) in [4.78, 5) is 73.4. The Bertz CT molecular complexity index is 2460. The molecule has 63 heavy (non-hydrogen) atoms. The predicted molar refractivity (Wildman–Crippen MR) is 238 cm³/mol. The number of likely N-dealkylation sites (N-methyl/N-ethyl adjacent to an activating group) is 1. The molecule has 5 aromatic rings. The van der Waals surface area contributed by atoms with Gasteiger partial charge in [0.05, 0.1) is 43.0 Å². The maximum atomic E-state index is 14.2. The van der Waals surface area contributed by atoms with Crippen LogP contribution in [-0.4, -0.2) is 116 Å². The van der Waals surface area contributed by atoms with Gasteiger partial charge in [0, 0.05) is 38.9 Å². The summed E-state index contributed by atoms with van der Waals surface area (Å²) in [5, 5.41) is 14.7. The van der Waals surface area contributed by atoms with Gasteiger partial charge in [0.2, 0.25) is 11.8 Å². The molecule has 332 valence electrons. The van der Waals surface area contributed by atoms with E-state index in [2.05, 4.69) is 89.8 Å². The summed E-state index contributed by atoms with van der Waals surface area (Å²) in [6.07, 6.45) is 4.76. The second-order valence-corrected chi connectivity index (χ2v) is 18.1. The van der Waals surface area contributed by atoms with Gasteiger partial charge in [-0.3, -0.25) is 14.5 Å². The second kappa shape index (κ2) is 18.2. The highest BCUT2D eigenvalue weighted by Gasteiger charge is 2.43. The quantitative estimate of drug-likeness (QED) is 0.103. The zero-order valence-corrected chi connectivity index (χ0v) is 36.8. The highest BCUT2D eigenvalue weighted by Crippen LogP contribution is 2.39. The molecule has 4 N–H and O–H groups in total. The van der Waals surface area contributed by atoms with Crippen molar-refractivity contribution >= 4 is 34.8 Å². The number of hydrogen-bond acceptors (Lipinski definition) is 8. The zero-order valence-electron chi connectivity index (χ0n) is 36.8. The van der Waals surface area contributed by atoms with Gasteiger partial charge in [-0.2, -0.15) is 0 Å². The fourth-order valence-electron chi connectivity index (χ4n) is 9.82. The van der Waals surface area contributed by atoms with Gasteiger partial charge in [-0.1, -0.05) is 76.2 Å². The monoisotopic (exact) mass is 858 g/mol. The molecule has 3 aliphatic rings.